The van der Waals surface area contributed by atoms with E-state index < -0.39 is 0 Å². The van der Waals surface area contributed by atoms with Gasteiger partial charge in [-0.1, -0.05) is 30.7 Å². The predicted octanol–water partition coefficient (Wildman–Crippen LogP) is 1.52. The molecule has 1 saturated heterocycles. The quantitative estimate of drug-likeness (QED) is 0.820. The Morgan fingerprint density at radius 1 is 1.36 bits per heavy atom. The van der Waals surface area contributed by atoms with Crippen LogP contribution in [0.25, 0.3) is 0 Å². The lowest BCUT2D eigenvalue weighted by molar-refractivity contribution is -0.126. The van der Waals surface area contributed by atoms with Crippen molar-refractivity contribution in [2.45, 2.75) is 44.8 Å². The number of amides is 1. The number of benzene rings is 1. The third kappa shape index (κ3) is 4.81. The molecule has 3 atom stereocenters. The van der Waals surface area contributed by atoms with Crippen LogP contribution in [0.2, 0.25) is 0 Å². The Morgan fingerprint density at radius 2 is 2.20 bits per heavy atom. The van der Waals surface area contributed by atoms with Crippen molar-refractivity contribution >= 4 is 5.91 Å². The molecule has 0 bridgehead atoms. The SMILES string of the molecule is Cc1ccccc1CCNC(=O)CN1CCOCC1C1CCCC1O. The van der Waals surface area contributed by atoms with E-state index in [9.17, 15) is 9.90 Å². The highest BCUT2D eigenvalue weighted by Gasteiger charge is 2.38. The second-order valence-electron chi connectivity index (χ2n) is 7.30. The second-order valence-corrected chi connectivity index (χ2v) is 7.30. The molecule has 0 radical (unpaired) electrons. The molecule has 0 aromatic heterocycles. The van der Waals surface area contributed by atoms with Crippen molar-refractivity contribution in [2.75, 3.05) is 32.8 Å². The van der Waals surface area contributed by atoms with Crippen LogP contribution in [-0.4, -0.2) is 60.9 Å². The van der Waals surface area contributed by atoms with E-state index >= 15 is 0 Å². The Kier molecular flexibility index (Phi) is 6.45. The Morgan fingerprint density at radius 3 is 2.96 bits per heavy atom. The Bertz CT molecular complexity index is 578. The van der Waals surface area contributed by atoms with Crippen LogP contribution in [-0.2, 0) is 16.0 Å². The van der Waals surface area contributed by atoms with Gasteiger partial charge in [0.25, 0.3) is 0 Å². The zero-order chi connectivity index (χ0) is 17.6. The van der Waals surface area contributed by atoms with E-state index in [-0.39, 0.29) is 24.0 Å². The summed E-state index contributed by atoms with van der Waals surface area (Å²) in [5.74, 6) is 0.299. The monoisotopic (exact) mass is 346 g/mol. The van der Waals surface area contributed by atoms with Crippen molar-refractivity contribution in [3.05, 3.63) is 35.4 Å². The highest BCUT2D eigenvalue weighted by Crippen LogP contribution is 2.32. The largest absolute Gasteiger partial charge is 0.393 e. The highest BCUT2D eigenvalue weighted by molar-refractivity contribution is 5.78. The van der Waals surface area contributed by atoms with E-state index in [2.05, 4.69) is 29.3 Å². The van der Waals surface area contributed by atoms with Gasteiger partial charge in [-0.3, -0.25) is 9.69 Å². The topological polar surface area (TPSA) is 61.8 Å². The predicted molar refractivity (Wildman–Crippen MR) is 97.4 cm³/mol. The van der Waals surface area contributed by atoms with Gasteiger partial charge in [0.2, 0.25) is 5.91 Å². The minimum absolute atomic E-state index is 0.0629. The normalized spacial score (nSPS) is 27.4. The number of rotatable bonds is 6. The fourth-order valence-corrected chi connectivity index (χ4v) is 4.13. The van der Waals surface area contributed by atoms with Gasteiger partial charge >= 0.3 is 0 Å². The van der Waals surface area contributed by atoms with Gasteiger partial charge in [0, 0.05) is 25.0 Å². The fourth-order valence-electron chi connectivity index (χ4n) is 4.13. The van der Waals surface area contributed by atoms with Crippen molar-refractivity contribution in [1.82, 2.24) is 10.2 Å². The molecule has 2 N–H and O–H groups in total. The maximum Gasteiger partial charge on any atom is 0.234 e. The molecule has 1 saturated carbocycles. The number of hydrogen-bond acceptors (Lipinski definition) is 4. The zero-order valence-electron chi connectivity index (χ0n) is 15.1. The van der Waals surface area contributed by atoms with Crippen molar-refractivity contribution < 1.29 is 14.6 Å². The number of aryl methyl sites for hydroxylation is 1. The number of aliphatic hydroxyl groups is 1. The molecule has 1 aliphatic heterocycles. The summed E-state index contributed by atoms with van der Waals surface area (Å²) in [4.78, 5) is 14.6. The van der Waals surface area contributed by atoms with E-state index in [0.717, 1.165) is 32.2 Å². The molecule has 25 heavy (non-hydrogen) atoms. The van der Waals surface area contributed by atoms with Crippen LogP contribution in [0.4, 0.5) is 0 Å². The third-order valence-electron chi connectivity index (χ3n) is 5.63. The standard InChI is InChI=1S/C20H30N2O3/c1-15-5-2-3-6-16(15)9-10-21-20(24)13-22-11-12-25-14-18(22)17-7-4-8-19(17)23/h2-3,5-6,17-19,23H,4,7-14H2,1H3,(H,21,24). The van der Waals surface area contributed by atoms with Crippen LogP contribution in [0, 0.1) is 12.8 Å². The summed E-state index contributed by atoms with van der Waals surface area (Å²) in [7, 11) is 0. The van der Waals surface area contributed by atoms with Crippen molar-refractivity contribution in [2.24, 2.45) is 5.92 Å². The first kappa shape index (κ1) is 18.4. The van der Waals surface area contributed by atoms with Gasteiger partial charge in [0.1, 0.15) is 0 Å². The lowest BCUT2D eigenvalue weighted by Gasteiger charge is -2.39. The summed E-state index contributed by atoms with van der Waals surface area (Å²) in [6.45, 7) is 5.20. The number of ether oxygens (including phenoxy) is 1. The van der Waals surface area contributed by atoms with Crippen LogP contribution in [0.1, 0.15) is 30.4 Å². The van der Waals surface area contributed by atoms with E-state index in [1.54, 1.807) is 0 Å². The number of morpholine rings is 1. The molecule has 1 heterocycles. The number of hydrogen-bond donors (Lipinski definition) is 2. The highest BCUT2D eigenvalue weighted by atomic mass is 16.5. The van der Waals surface area contributed by atoms with Crippen molar-refractivity contribution in [3.63, 3.8) is 0 Å². The van der Waals surface area contributed by atoms with Crippen LogP contribution in [0.3, 0.4) is 0 Å². The molecule has 2 aliphatic rings. The molecular formula is C20H30N2O3. The summed E-state index contributed by atoms with van der Waals surface area (Å²) in [6.07, 6.45) is 3.57. The Hall–Kier alpha value is -1.43. The van der Waals surface area contributed by atoms with Crippen molar-refractivity contribution in [1.29, 1.82) is 0 Å². The number of nitrogens with one attached hydrogen (secondary N) is 1. The van der Waals surface area contributed by atoms with Gasteiger partial charge < -0.3 is 15.2 Å². The first-order valence-electron chi connectivity index (χ1n) is 9.46. The molecule has 138 valence electrons. The van der Waals surface area contributed by atoms with E-state index in [0.29, 0.717) is 26.3 Å². The van der Waals surface area contributed by atoms with Gasteiger partial charge in [-0.05, 0) is 37.3 Å². The number of nitrogens with zero attached hydrogens (tertiary/aromatic N) is 1. The molecule has 3 rings (SSSR count). The average Bonchev–Trinajstić information content (AvgIpc) is 3.03. The first-order chi connectivity index (χ1) is 12.1. The second kappa shape index (κ2) is 8.79. The van der Waals surface area contributed by atoms with Crippen LogP contribution in [0.5, 0.6) is 0 Å². The minimum Gasteiger partial charge on any atom is -0.393 e. The molecule has 1 aromatic carbocycles. The summed E-state index contributed by atoms with van der Waals surface area (Å²) >= 11 is 0. The molecule has 1 amide bonds. The van der Waals surface area contributed by atoms with Gasteiger partial charge in [0.15, 0.2) is 0 Å². The van der Waals surface area contributed by atoms with Crippen LogP contribution >= 0.6 is 0 Å². The van der Waals surface area contributed by atoms with Gasteiger partial charge in [-0.2, -0.15) is 0 Å². The first-order valence-corrected chi connectivity index (χ1v) is 9.46. The van der Waals surface area contributed by atoms with E-state index in [4.69, 9.17) is 4.74 Å². The lowest BCUT2D eigenvalue weighted by atomic mass is 9.94. The minimum atomic E-state index is -0.252. The third-order valence-corrected chi connectivity index (χ3v) is 5.63. The van der Waals surface area contributed by atoms with Crippen LogP contribution in [0.15, 0.2) is 24.3 Å². The van der Waals surface area contributed by atoms with Gasteiger partial charge in [-0.25, -0.2) is 0 Å². The fraction of sp³-hybridized carbons (Fsp3) is 0.650. The number of carbonyl (C=O) groups is 1. The molecule has 5 nitrogen and oxygen atoms in total. The lowest BCUT2D eigenvalue weighted by Crippen LogP contribution is -2.54. The average molecular weight is 346 g/mol. The number of aliphatic hydroxyl groups excluding tert-OH is 1. The van der Waals surface area contributed by atoms with Crippen LogP contribution < -0.4 is 5.32 Å². The summed E-state index contributed by atoms with van der Waals surface area (Å²) < 4.78 is 5.62. The molecule has 2 fully saturated rings. The molecule has 0 spiro atoms. The zero-order valence-corrected chi connectivity index (χ0v) is 15.1. The van der Waals surface area contributed by atoms with E-state index in [1.165, 1.54) is 11.1 Å². The summed E-state index contributed by atoms with van der Waals surface area (Å²) in [6, 6.07) is 8.44. The molecule has 3 unspecified atom stereocenters. The molecular weight excluding hydrogens is 316 g/mol. The van der Waals surface area contributed by atoms with Gasteiger partial charge in [-0.15, -0.1) is 0 Å². The Labute approximate surface area is 150 Å². The van der Waals surface area contributed by atoms with Gasteiger partial charge in [0.05, 0.1) is 25.9 Å². The maximum atomic E-state index is 12.4. The summed E-state index contributed by atoms with van der Waals surface area (Å²) in [5.41, 5.74) is 2.54. The molecule has 1 aromatic rings. The van der Waals surface area contributed by atoms with Crippen molar-refractivity contribution in [3.8, 4) is 0 Å². The summed E-state index contributed by atoms with van der Waals surface area (Å²) in [5, 5.41) is 13.2. The molecule has 1 aliphatic carbocycles. The van der Waals surface area contributed by atoms with E-state index in [1.807, 2.05) is 12.1 Å². The molecule has 5 heteroatoms. The number of carbonyl (C=O) groups excluding carboxylic acids is 1. The Balaban J connectivity index is 1.48. The smallest absolute Gasteiger partial charge is 0.234 e. The maximum absolute atomic E-state index is 12.4.